The zero-order valence-electron chi connectivity index (χ0n) is 12.8. The van der Waals surface area contributed by atoms with E-state index >= 15 is 0 Å². The monoisotopic (exact) mass is 273 g/mol. The third kappa shape index (κ3) is 2.16. The molecule has 3 rings (SSSR count). The minimum Gasteiger partial charge on any atom is -0.362 e. The van der Waals surface area contributed by atoms with Crippen LogP contribution in [0, 0.1) is 13.8 Å². The number of aromatic nitrogens is 3. The molecule has 1 N–H and O–H groups in total. The third-order valence-electron chi connectivity index (χ3n) is 4.16. The summed E-state index contributed by atoms with van der Waals surface area (Å²) in [6.45, 7) is 5.26. The minimum atomic E-state index is 0.376. The molecule has 5 nitrogen and oxygen atoms in total. The van der Waals surface area contributed by atoms with Crippen LogP contribution in [0.5, 0.6) is 0 Å². The first kappa shape index (κ1) is 13.4. The fourth-order valence-electron chi connectivity index (χ4n) is 3.00. The van der Waals surface area contributed by atoms with Gasteiger partial charge in [0.25, 0.3) is 0 Å². The smallest absolute Gasteiger partial charge is 0.157 e. The average molecular weight is 273 g/mol. The summed E-state index contributed by atoms with van der Waals surface area (Å²) in [5, 5.41) is 8.37. The molecule has 1 saturated heterocycles. The molecular weight excluding hydrogens is 250 g/mol. The predicted octanol–water partition coefficient (Wildman–Crippen LogP) is 2.23. The van der Waals surface area contributed by atoms with Gasteiger partial charge in [-0.1, -0.05) is 6.42 Å². The molecule has 0 unspecified atom stereocenters. The lowest BCUT2D eigenvalue weighted by atomic mass is 10.0. The second kappa shape index (κ2) is 5.05. The molecule has 1 atom stereocenters. The Morgan fingerprint density at radius 3 is 2.75 bits per heavy atom. The summed E-state index contributed by atoms with van der Waals surface area (Å²) >= 11 is 0. The van der Waals surface area contributed by atoms with Crippen molar-refractivity contribution in [2.24, 2.45) is 0 Å². The number of anilines is 1. The maximum Gasteiger partial charge on any atom is 0.157 e. The molecule has 0 radical (unpaired) electrons. The van der Waals surface area contributed by atoms with Crippen LogP contribution in [0.2, 0.25) is 0 Å². The zero-order valence-corrected chi connectivity index (χ0v) is 12.8. The Hall–Kier alpha value is -1.62. The van der Waals surface area contributed by atoms with Crippen molar-refractivity contribution in [1.29, 1.82) is 0 Å². The number of piperidine rings is 1. The van der Waals surface area contributed by atoms with Crippen molar-refractivity contribution < 1.29 is 0 Å². The van der Waals surface area contributed by atoms with Gasteiger partial charge in [0.05, 0.1) is 11.7 Å². The number of rotatable bonds is 2. The van der Waals surface area contributed by atoms with E-state index in [-0.39, 0.29) is 0 Å². The van der Waals surface area contributed by atoms with Crippen molar-refractivity contribution in [2.45, 2.75) is 39.2 Å². The number of aryl methyl sites for hydroxylation is 1. The highest BCUT2D eigenvalue weighted by Crippen LogP contribution is 2.26. The molecule has 5 heteroatoms. The Balaban J connectivity index is 2.12. The first-order valence-electron chi connectivity index (χ1n) is 7.35. The van der Waals surface area contributed by atoms with Crippen molar-refractivity contribution in [3.63, 3.8) is 0 Å². The van der Waals surface area contributed by atoms with Crippen molar-refractivity contribution in [1.82, 2.24) is 19.9 Å². The first-order valence-corrected chi connectivity index (χ1v) is 7.35. The van der Waals surface area contributed by atoms with E-state index in [4.69, 9.17) is 5.10 Å². The minimum absolute atomic E-state index is 0.376. The van der Waals surface area contributed by atoms with Crippen LogP contribution in [0.3, 0.4) is 0 Å². The average Bonchev–Trinajstić information content (AvgIpc) is 2.83. The molecular formula is C15H23N5. The molecule has 20 heavy (non-hydrogen) atoms. The van der Waals surface area contributed by atoms with E-state index in [1.165, 1.54) is 24.8 Å². The van der Waals surface area contributed by atoms with Gasteiger partial charge >= 0.3 is 0 Å². The van der Waals surface area contributed by atoms with E-state index in [1.807, 2.05) is 4.52 Å². The second-order valence-corrected chi connectivity index (χ2v) is 5.88. The van der Waals surface area contributed by atoms with E-state index in [0.717, 1.165) is 29.4 Å². The molecule has 2 aromatic rings. The molecule has 1 aliphatic rings. The third-order valence-corrected chi connectivity index (χ3v) is 4.16. The largest absolute Gasteiger partial charge is 0.362 e. The predicted molar refractivity (Wildman–Crippen MR) is 81.4 cm³/mol. The van der Waals surface area contributed by atoms with Gasteiger partial charge in [-0.05, 0) is 33.2 Å². The summed E-state index contributed by atoms with van der Waals surface area (Å²) in [7, 11) is 4.11. The second-order valence-electron chi connectivity index (χ2n) is 5.88. The molecule has 1 aliphatic heterocycles. The van der Waals surface area contributed by atoms with Gasteiger partial charge in [0, 0.05) is 31.4 Å². The van der Waals surface area contributed by atoms with E-state index in [1.54, 1.807) is 0 Å². The normalized spacial score (nSPS) is 19.5. The molecule has 1 fully saturated rings. The van der Waals surface area contributed by atoms with Crippen LogP contribution >= 0.6 is 0 Å². The van der Waals surface area contributed by atoms with Gasteiger partial charge < -0.3 is 10.2 Å². The molecule has 108 valence electrons. The zero-order chi connectivity index (χ0) is 14.3. The highest BCUT2D eigenvalue weighted by atomic mass is 15.3. The van der Waals surface area contributed by atoms with Crippen molar-refractivity contribution >= 4 is 11.5 Å². The summed E-state index contributed by atoms with van der Waals surface area (Å²) in [4.78, 5) is 6.79. The maximum atomic E-state index is 4.81. The molecule has 0 aliphatic carbocycles. The highest BCUT2D eigenvalue weighted by molar-refractivity contribution is 5.56. The Morgan fingerprint density at radius 2 is 2.10 bits per heavy atom. The molecule has 0 amide bonds. The van der Waals surface area contributed by atoms with Crippen molar-refractivity contribution in [3.8, 4) is 0 Å². The van der Waals surface area contributed by atoms with Crippen LogP contribution in [0.1, 0.15) is 42.3 Å². The lowest BCUT2D eigenvalue weighted by Gasteiger charge is -2.21. The van der Waals surface area contributed by atoms with E-state index in [0.29, 0.717) is 6.04 Å². The Bertz CT molecular complexity index is 623. The van der Waals surface area contributed by atoms with Crippen LogP contribution in [0.15, 0.2) is 6.07 Å². The van der Waals surface area contributed by atoms with Gasteiger partial charge in [0.15, 0.2) is 5.65 Å². The van der Waals surface area contributed by atoms with Crippen LogP contribution in [-0.4, -0.2) is 35.2 Å². The molecule has 2 aromatic heterocycles. The number of nitrogens with one attached hydrogen (secondary N) is 1. The Morgan fingerprint density at radius 1 is 1.30 bits per heavy atom. The van der Waals surface area contributed by atoms with Crippen molar-refractivity contribution in [2.75, 3.05) is 25.5 Å². The summed E-state index contributed by atoms with van der Waals surface area (Å²) in [5.74, 6) is 1.12. The fourth-order valence-corrected chi connectivity index (χ4v) is 3.00. The first-order chi connectivity index (χ1) is 9.58. The van der Waals surface area contributed by atoms with Crippen molar-refractivity contribution in [3.05, 3.63) is 23.0 Å². The van der Waals surface area contributed by atoms with Crippen LogP contribution in [0.25, 0.3) is 5.65 Å². The van der Waals surface area contributed by atoms with Gasteiger partial charge in [0.1, 0.15) is 5.82 Å². The number of hydrogen-bond acceptors (Lipinski definition) is 4. The van der Waals surface area contributed by atoms with Gasteiger partial charge in [-0.2, -0.15) is 9.61 Å². The molecule has 0 bridgehead atoms. The van der Waals surface area contributed by atoms with Gasteiger partial charge in [0.2, 0.25) is 0 Å². The summed E-state index contributed by atoms with van der Waals surface area (Å²) in [6, 6.07) is 2.50. The molecule has 0 spiro atoms. The SMILES string of the molecule is Cc1nc2cc([C@@H]3CCCCN3)nn2c(N(C)C)c1C. The Labute approximate surface area is 120 Å². The van der Waals surface area contributed by atoms with Gasteiger partial charge in [-0.3, -0.25) is 0 Å². The fraction of sp³-hybridized carbons (Fsp3) is 0.600. The topological polar surface area (TPSA) is 45.5 Å². The van der Waals surface area contributed by atoms with E-state index < -0.39 is 0 Å². The number of nitrogens with zero attached hydrogens (tertiary/aromatic N) is 4. The summed E-state index contributed by atoms with van der Waals surface area (Å²) in [6.07, 6.45) is 3.71. The lowest BCUT2D eigenvalue weighted by Crippen LogP contribution is -2.27. The lowest BCUT2D eigenvalue weighted by molar-refractivity contribution is 0.404. The summed E-state index contributed by atoms with van der Waals surface area (Å²) < 4.78 is 1.98. The molecule has 3 heterocycles. The van der Waals surface area contributed by atoms with Crippen LogP contribution in [0.4, 0.5) is 5.82 Å². The molecule has 0 aromatic carbocycles. The number of hydrogen-bond donors (Lipinski definition) is 1. The van der Waals surface area contributed by atoms with Crippen LogP contribution < -0.4 is 10.2 Å². The van der Waals surface area contributed by atoms with Gasteiger partial charge in [-0.15, -0.1) is 0 Å². The Kier molecular flexibility index (Phi) is 3.38. The van der Waals surface area contributed by atoms with Gasteiger partial charge in [-0.25, -0.2) is 4.98 Å². The molecule has 0 saturated carbocycles. The summed E-state index contributed by atoms with van der Waals surface area (Å²) in [5.41, 5.74) is 4.32. The van der Waals surface area contributed by atoms with E-state index in [2.05, 4.69) is 49.2 Å². The quantitative estimate of drug-likeness (QED) is 0.911. The number of fused-ring (bicyclic) bond motifs is 1. The van der Waals surface area contributed by atoms with E-state index in [9.17, 15) is 0 Å². The standard InChI is InChI=1S/C15H23N5/c1-10-11(2)17-14-9-13(12-7-5-6-8-16-12)18-20(14)15(10)19(3)4/h9,12,16H,5-8H2,1-4H3/t12-/m0/s1. The maximum absolute atomic E-state index is 4.81. The highest BCUT2D eigenvalue weighted by Gasteiger charge is 2.20. The van der Waals surface area contributed by atoms with Crippen LogP contribution in [-0.2, 0) is 0 Å².